The van der Waals surface area contributed by atoms with E-state index in [1.165, 1.54) is 0 Å². The summed E-state index contributed by atoms with van der Waals surface area (Å²) >= 11 is 0. The van der Waals surface area contributed by atoms with Crippen LogP contribution in [0.1, 0.15) is 35.1 Å². The van der Waals surface area contributed by atoms with E-state index in [0.717, 1.165) is 11.3 Å². The van der Waals surface area contributed by atoms with Crippen LogP contribution in [0.3, 0.4) is 0 Å². The minimum absolute atomic E-state index is 0.249. The molecule has 1 aromatic heterocycles. The molecule has 0 spiro atoms. The number of rotatable bonds is 3. The predicted octanol–water partition coefficient (Wildman–Crippen LogP) is 0.734. The van der Waals surface area contributed by atoms with Crippen molar-refractivity contribution in [1.29, 1.82) is 0 Å². The van der Waals surface area contributed by atoms with Gasteiger partial charge in [-0.15, -0.1) is 0 Å². The normalized spacial score (nSPS) is 23.8. The van der Waals surface area contributed by atoms with Gasteiger partial charge in [0.25, 0.3) is 0 Å². The highest BCUT2D eigenvalue weighted by Crippen LogP contribution is 2.37. The Bertz CT molecular complexity index is 478. The van der Waals surface area contributed by atoms with Crippen LogP contribution in [0.5, 0.6) is 0 Å². The standard InChI is InChI=1S/C10H16N2O3S/c1-7-8(4-5-11)10(15-12-7)9-3-2-6-16(9,13)14/h9H,2-6,11H2,1H3. The molecule has 6 heteroatoms. The summed E-state index contributed by atoms with van der Waals surface area (Å²) in [5, 5.41) is 3.35. The monoisotopic (exact) mass is 244 g/mol. The van der Waals surface area contributed by atoms with E-state index in [2.05, 4.69) is 5.16 Å². The van der Waals surface area contributed by atoms with Crippen LogP contribution in [-0.2, 0) is 16.3 Å². The number of aromatic nitrogens is 1. The van der Waals surface area contributed by atoms with Crippen LogP contribution in [0.15, 0.2) is 4.52 Å². The molecule has 90 valence electrons. The minimum atomic E-state index is -3.04. The zero-order valence-corrected chi connectivity index (χ0v) is 10.1. The van der Waals surface area contributed by atoms with E-state index in [4.69, 9.17) is 10.3 Å². The first-order chi connectivity index (χ1) is 7.56. The quantitative estimate of drug-likeness (QED) is 0.847. The molecule has 1 atom stereocenters. The molecule has 0 amide bonds. The molecule has 1 aliphatic rings. The maximum Gasteiger partial charge on any atom is 0.160 e. The Morgan fingerprint density at radius 3 is 2.88 bits per heavy atom. The first-order valence-corrected chi connectivity index (χ1v) is 7.14. The van der Waals surface area contributed by atoms with Gasteiger partial charge >= 0.3 is 0 Å². The second kappa shape index (κ2) is 4.18. The van der Waals surface area contributed by atoms with Crippen molar-refractivity contribution in [2.45, 2.75) is 31.4 Å². The van der Waals surface area contributed by atoms with Gasteiger partial charge in [-0.25, -0.2) is 8.42 Å². The summed E-state index contributed by atoms with van der Waals surface area (Å²) in [6.07, 6.45) is 1.96. The van der Waals surface area contributed by atoms with Gasteiger partial charge in [-0.05, 0) is 32.7 Å². The van der Waals surface area contributed by atoms with Crippen molar-refractivity contribution in [2.24, 2.45) is 5.73 Å². The molecule has 0 bridgehead atoms. The lowest BCUT2D eigenvalue weighted by molar-refractivity contribution is 0.372. The van der Waals surface area contributed by atoms with Gasteiger partial charge in [-0.1, -0.05) is 5.16 Å². The molecule has 2 N–H and O–H groups in total. The van der Waals surface area contributed by atoms with Gasteiger partial charge in [-0.3, -0.25) is 0 Å². The third-order valence-electron chi connectivity index (χ3n) is 3.03. The smallest absolute Gasteiger partial charge is 0.160 e. The third-order valence-corrected chi connectivity index (χ3v) is 5.20. The van der Waals surface area contributed by atoms with Crippen molar-refractivity contribution >= 4 is 9.84 Å². The molecule has 1 unspecified atom stereocenters. The van der Waals surface area contributed by atoms with Gasteiger partial charge < -0.3 is 10.3 Å². The molecule has 16 heavy (non-hydrogen) atoms. The van der Waals surface area contributed by atoms with Crippen molar-refractivity contribution in [3.8, 4) is 0 Å². The maximum absolute atomic E-state index is 11.8. The average molecular weight is 244 g/mol. The van der Waals surface area contributed by atoms with E-state index in [-0.39, 0.29) is 5.75 Å². The van der Waals surface area contributed by atoms with Crippen LogP contribution >= 0.6 is 0 Å². The molecule has 1 aromatic rings. The lowest BCUT2D eigenvalue weighted by atomic mass is 10.1. The fourth-order valence-corrected chi connectivity index (χ4v) is 4.08. The molecule has 0 aromatic carbocycles. The first kappa shape index (κ1) is 11.6. The van der Waals surface area contributed by atoms with E-state index < -0.39 is 15.1 Å². The zero-order valence-electron chi connectivity index (χ0n) is 9.27. The highest BCUT2D eigenvalue weighted by molar-refractivity contribution is 7.91. The van der Waals surface area contributed by atoms with Crippen LogP contribution in [0, 0.1) is 6.92 Å². The average Bonchev–Trinajstić information content (AvgIpc) is 2.72. The molecule has 1 fully saturated rings. The van der Waals surface area contributed by atoms with Gasteiger partial charge in [0.15, 0.2) is 15.6 Å². The Kier molecular flexibility index (Phi) is 3.03. The summed E-state index contributed by atoms with van der Waals surface area (Å²) in [6.45, 7) is 2.29. The van der Waals surface area contributed by atoms with Gasteiger partial charge in [0.2, 0.25) is 0 Å². The number of sulfone groups is 1. The van der Waals surface area contributed by atoms with Crippen molar-refractivity contribution in [1.82, 2.24) is 5.16 Å². The minimum Gasteiger partial charge on any atom is -0.359 e. The zero-order chi connectivity index (χ0) is 11.8. The molecule has 2 heterocycles. The topological polar surface area (TPSA) is 86.2 Å². The van der Waals surface area contributed by atoms with Gasteiger partial charge in [0, 0.05) is 5.56 Å². The van der Waals surface area contributed by atoms with E-state index in [1.54, 1.807) is 0 Å². The number of nitrogens with zero attached hydrogens (tertiary/aromatic N) is 1. The summed E-state index contributed by atoms with van der Waals surface area (Å²) in [6, 6.07) is 0. The molecule has 1 aliphatic heterocycles. The van der Waals surface area contributed by atoms with Crippen molar-refractivity contribution in [3.63, 3.8) is 0 Å². The fraction of sp³-hybridized carbons (Fsp3) is 0.700. The summed E-state index contributed by atoms with van der Waals surface area (Å²) < 4.78 is 28.8. The molecular weight excluding hydrogens is 228 g/mol. The Hall–Kier alpha value is -0.880. The molecular formula is C10H16N2O3S. The Balaban J connectivity index is 2.40. The summed E-state index contributed by atoms with van der Waals surface area (Å²) in [7, 11) is -3.04. The van der Waals surface area contributed by atoms with Crippen molar-refractivity contribution < 1.29 is 12.9 Å². The van der Waals surface area contributed by atoms with E-state index in [9.17, 15) is 8.42 Å². The second-order valence-corrected chi connectivity index (χ2v) is 6.45. The van der Waals surface area contributed by atoms with Gasteiger partial charge in [0.1, 0.15) is 5.25 Å². The molecule has 5 nitrogen and oxygen atoms in total. The summed E-state index contributed by atoms with van der Waals surface area (Å²) in [4.78, 5) is 0. The second-order valence-electron chi connectivity index (χ2n) is 4.15. The van der Waals surface area contributed by atoms with Crippen molar-refractivity contribution in [2.75, 3.05) is 12.3 Å². The lowest BCUT2D eigenvalue weighted by Crippen LogP contribution is -2.11. The van der Waals surface area contributed by atoms with Crippen LogP contribution in [0.2, 0.25) is 0 Å². The van der Waals surface area contributed by atoms with Crippen LogP contribution < -0.4 is 5.73 Å². The number of hydrogen-bond donors (Lipinski definition) is 1. The van der Waals surface area contributed by atoms with E-state index in [0.29, 0.717) is 31.6 Å². The van der Waals surface area contributed by atoms with Crippen LogP contribution in [0.25, 0.3) is 0 Å². The number of aryl methyl sites for hydroxylation is 1. The molecule has 0 saturated carbocycles. The third kappa shape index (κ3) is 1.87. The van der Waals surface area contributed by atoms with E-state index >= 15 is 0 Å². The number of hydrogen-bond acceptors (Lipinski definition) is 5. The lowest BCUT2D eigenvalue weighted by Gasteiger charge is -2.07. The molecule has 0 aliphatic carbocycles. The molecule has 1 saturated heterocycles. The largest absolute Gasteiger partial charge is 0.359 e. The van der Waals surface area contributed by atoms with Gasteiger partial charge in [-0.2, -0.15) is 0 Å². The summed E-state index contributed by atoms with van der Waals surface area (Å²) in [5.41, 5.74) is 7.13. The maximum atomic E-state index is 11.8. The molecule has 2 rings (SSSR count). The first-order valence-electron chi connectivity index (χ1n) is 5.43. The van der Waals surface area contributed by atoms with Crippen molar-refractivity contribution in [3.05, 3.63) is 17.0 Å². The fourth-order valence-electron chi connectivity index (χ4n) is 2.19. The van der Waals surface area contributed by atoms with Crippen LogP contribution in [-0.4, -0.2) is 25.9 Å². The Labute approximate surface area is 94.9 Å². The molecule has 0 radical (unpaired) electrons. The highest BCUT2D eigenvalue weighted by atomic mass is 32.2. The summed E-state index contributed by atoms with van der Waals surface area (Å²) in [5.74, 6) is 0.764. The van der Waals surface area contributed by atoms with Gasteiger partial charge in [0.05, 0.1) is 11.4 Å². The van der Waals surface area contributed by atoms with Crippen LogP contribution in [0.4, 0.5) is 0 Å². The highest BCUT2D eigenvalue weighted by Gasteiger charge is 2.37. The number of nitrogens with two attached hydrogens (primary N) is 1. The van der Waals surface area contributed by atoms with E-state index in [1.807, 2.05) is 6.92 Å². The Morgan fingerprint density at radius 2 is 2.31 bits per heavy atom. The Morgan fingerprint density at radius 1 is 1.56 bits per heavy atom. The SMILES string of the molecule is Cc1noc(C2CCCS2(=O)=O)c1CCN. The predicted molar refractivity (Wildman–Crippen MR) is 59.8 cm³/mol.